The Labute approximate surface area is 565 Å². The maximum atomic E-state index is 14.7. The van der Waals surface area contributed by atoms with E-state index in [1.165, 1.54) is 49.3 Å². The van der Waals surface area contributed by atoms with Gasteiger partial charge in [0, 0.05) is 56.0 Å². The lowest BCUT2D eigenvalue weighted by Crippen LogP contribution is -2.61. The van der Waals surface area contributed by atoms with Crippen molar-refractivity contribution in [2.45, 2.75) is 183 Å². The van der Waals surface area contributed by atoms with Crippen LogP contribution in [0, 0.1) is 5.92 Å². The number of hydrogen-bond acceptors (Lipinski definition) is 20. The summed E-state index contributed by atoms with van der Waals surface area (Å²) in [4.78, 5) is 181. The van der Waals surface area contributed by atoms with Crippen molar-refractivity contribution in [1.29, 1.82) is 0 Å². The molecule has 1 saturated heterocycles. The van der Waals surface area contributed by atoms with E-state index < -0.39 is 157 Å². The number of likely N-dealkylation sites (tertiary alicyclic amines) is 1. The molecule has 12 atom stereocenters. The van der Waals surface area contributed by atoms with E-state index in [1.807, 2.05) is 0 Å². The Balaban J connectivity index is 1.34. The molecule has 2 aromatic carbocycles. The number of aromatic amines is 2. The molecule has 34 heteroatoms. The second-order valence-corrected chi connectivity index (χ2v) is 24.5. The molecule has 0 radical (unpaired) electrons. The number of carboxylic acid groups (broad SMARTS) is 2. The fourth-order valence-electron chi connectivity index (χ4n) is 10.8. The minimum absolute atomic E-state index is 0.0204. The Bertz CT molecular complexity index is 3270. The van der Waals surface area contributed by atoms with E-state index in [2.05, 4.69) is 67.8 Å². The maximum Gasteiger partial charge on any atom is 0.328 e. The lowest BCUT2D eigenvalue weighted by atomic mass is 10.0. The van der Waals surface area contributed by atoms with Crippen LogP contribution >= 0.6 is 0 Å². The Kier molecular flexibility index (Phi) is 32.1. The van der Waals surface area contributed by atoms with Crippen molar-refractivity contribution in [3.05, 3.63) is 102 Å². The standard InChI is InChI=1S/C64H93N17O17/c1-35(2)24-44(74-55(88)43(15-8-10-22-66)72-58(91)47(27-39-30-68-33-70-39)73-54(87)42(67)14-7-9-21-65)56(89)79-50(32-82)61(94)78-49(29-52(85)86)63(96)81-23-11-16-51(81)62(95)77-45(26-38-17-19-41(84)20-18-38)57(90)76-48(28-40-31-69-34-71-40)59(92)75-46(25-37-12-5-4-6-13-37)60(93)80-53(36(3)83)64(97)98/h4-6,12-13,17-20,30-31,33-36,42-51,53,82-84H,7-11,14-16,21-29,32,65-67H2,1-3H3,(H,68,70)(H,69,71)(H,72,91)(H,73,87)(H,74,88)(H,75,92)(H,76,90)(H,77,95)(H,78,94)(H,79,89)(H,80,93)(H,85,86)(H,97,98)/t36-,42+,43+,44+,45+,46+,47+,48+,49+,50+,51+,53+/m1/s1. The summed E-state index contributed by atoms with van der Waals surface area (Å²) in [7, 11) is 0. The zero-order chi connectivity index (χ0) is 72.0. The van der Waals surface area contributed by atoms with Gasteiger partial charge in [0.15, 0.2) is 6.04 Å². The summed E-state index contributed by atoms with van der Waals surface area (Å²) < 4.78 is 0. The van der Waals surface area contributed by atoms with Gasteiger partial charge in [-0.25, -0.2) is 14.8 Å². The Morgan fingerprint density at radius 3 is 1.53 bits per heavy atom. The largest absolute Gasteiger partial charge is 0.508 e. The van der Waals surface area contributed by atoms with E-state index in [4.69, 9.17) is 17.2 Å². The maximum absolute atomic E-state index is 14.7. The first-order valence-electron chi connectivity index (χ1n) is 32.4. The molecule has 4 aromatic rings. The SMILES string of the molecule is CC(C)C[C@H](NC(=O)[C@H](CCCCN)NC(=O)[C@H](Cc1cnc[nH]1)NC(=O)[C@@H](N)CCCCN)C(=O)N[C@@H](CO)C(=O)N[C@@H](CC(=O)O)C(=O)N1CCC[C@H]1C(=O)N[C@@H](Cc1ccc(O)cc1)C(=O)N[C@@H](Cc1cnc[nH]1)C(=O)N[C@@H](Cc1ccccc1)C(=O)N[C@H](C(=O)O)[C@@H](C)O. The molecule has 2 aromatic heterocycles. The van der Waals surface area contributed by atoms with Crippen LogP contribution in [0.2, 0.25) is 0 Å². The van der Waals surface area contributed by atoms with Gasteiger partial charge in [-0.2, -0.15) is 0 Å². The van der Waals surface area contributed by atoms with Crippen molar-refractivity contribution in [3.63, 3.8) is 0 Å². The van der Waals surface area contributed by atoms with Crippen LogP contribution < -0.4 is 65.1 Å². The van der Waals surface area contributed by atoms with Gasteiger partial charge in [-0.05, 0) is 101 Å². The second kappa shape index (κ2) is 40.0. The highest BCUT2D eigenvalue weighted by molar-refractivity contribution is 6.00. The number of aliphatic hydroxyl groups excluding tert-OH is 2. The third-order valence-corrected chi connectivity index (χ3v) is 16.1. The van der Waals surface area contributed by atoms with Crippen LogP contribution in [0.25, 0.3) is 0 Å². The van der Waals surface area contributed by atoms with Gasteiger partial charge in [0.25, 0.3) is 0 Å². The van der Waals surface area contributed by atoms with Crippen molar-refractivity contribution in [3.8, 4) is 5.75 Å². The average molecular weight is 1370 g/mol. The van der Waals surface area contributed by atoms with E-state index in [0.29, 0.717) is 54.7 Å². The Morgan fingerprint density at radius 1 is 0.561 bits per heavy atom. The topological polar surface area (TPSA) is 553 Å². The first kappa shape index (κ1) is 78.8. The molecule has 1 aliphatic rings. The average Bonchev–Trinajstić information content (AvgIpc) is 1.53. The predicted octanol–water partition coefficient (Wildman–Crippen LogP) is -3.97. The molecule has 34 nitrogen and oxygen atoms in total. The zero-order valence-corrected chi connectivity index (χ0v) is 54.9. The highest BCUT2D eigenvalue weighted by Gasteiger charge is 2.42. The van der Waals surface area contributed by atoms with E-state index >= 15 is 0 Å². The molecule has 0 unspecified atom stereocenters. The van der Waals surface area contributed by atoms with Gasteiger partial charge < -0.3 is 105 Å². The minimum Gasteiger partial charge on any atom is -0.508 e. The van der Waals surface area contributed by atoms with Gasteiger partial charge in [-0.3, -0.25) is 52.7 Å². The third kappa shape index (κ3) is 25.6. The number of aromatic nitrogens is 4. The minimum atomic E-state index is -1.94. The molecular weight excluding hydrogens is 1280 g/mol. The van der Waals surface area contributed by atoms with Crippen LogP contribution in [0.5, 0.6) is 5.75 Å². The lowest BCUT2D eigenvalue weighted by Gasteiger charge is -2.31. The highest BCUT2D eigenvalue weighted by Crippen LogP contribution is 2.21. The summed E-state index contributed by atoms with van der Waals surface area (Å²) in [6.07, 6.45) is 4.31. The number of H-pyrrole nitrogens is 2. The number of rotatable bonds is 42. The van der Waals surface area contributed by atoms with Crippen LogP contribution in [0.3, 0.4) is 0 Å². The number of aromatic hydroxyl groups is 1. The van der Waals surface area contributed by atoms with E-state index in [0.717, 1.165) is 11.8 Å². The molecule has 10 amide bonds. The molecule has 22 N–H and O–H groups in total. The van der Waals surface area contributed by atoms with E-state index in [1.54, 1.807) is 44.2 Å². The number of carbonyl (C=O) groups excluding carboxylic acids is 10. The quantitative estimate of drug-likeness (QED) is 0.0188. The van der Waals surface area contributed by atoms with Crippen molar-refractivity contribution >= 4 is 71.0 Å². The molecule has 3 heterocycles. The molecule has 0 bridgehead atoms. The van der Waals surface area contributed by atoms with Gasteiger partial charge in [0.1, 0.15) is 60.1 Å². The van der Waals surface area contributed by atoms with Gasteiger partial charge in [-0.15, -0.1) is 0 Å². The monoisotopic (exact) mass is 1370 g/mol. The normalized spacial score (nSPS) is 16.2. The fourth-order valence-corrected chi connectivity index (χ4v) is 10.8. The predicted molar refractivity (Wildman–Crippen MR) is 351 cm³/mol. The van der Waals surface area contributed by atoms with Crippen LogP contribution in [-0.2, 0) is 83.2 Å². The molecule has 1 aliphatic heterocycles. The summed E-state index contributed by atoms with van der Waals surface area (Å²) in [5.74, 6) is -13.0. The van der Waals surface area contributed by atoms with E-state index in [-0.39, 0.29) is 82.5 Å². The van der Waals surface area contributed by atoms with Crippen molar-refractivity contribution < 1.29 is 83.1 Å². The summed E-state index contributed by atoms with van der Waals surface area (Å²) in [5, 5.41) is 73.4. The molecular formula is C64H93N17O17. The molecule has 536 valence electrons. The molecule has 1 fully saturated rings. The smallest absolute Gasteiger partial charge is 0.328 e. The first-order valence-corrected chi connectivity index (χ1v) is 32.4. The van der Waals surface area contributed by atoms with Gasteiger partial charge >= 0.3 is 11.9 Å². The molecule has 0 spiro atoms. The number of nitrogens with zero attached hydrogens (tertiary/aromatic N) is 3. The number of nitrogens with two attached hydrogens (primary N) is 3. The Hall–Kier alpha value is -9.90. The van der Waals surface area contributed by atoms with Crippen molar-refractivity contribution in [2.75, 3.05) is 26.2 Å². The van der Waals surface area contributed by atoms with Crippen LogP contribution in [0.1, 0.15) is 107 Å². The lowest BCUT2D eigenvalue weighted by molar-refractivity contribution is -0.146. The Morgan fingerprint density at radius 2 is 1.02 bits per heavy atom. The summed E-state index contributed by atoms with van der Waals surface area (Å²) >= 11 is 0. The van der Waals surface area contributed by atoms with Gasteiger partial charge in [-0.1, -0.05) is 62.7 Å². The van der Waals surface area contributed by atoms with Crippen LogP contribution in [-0.4, -0.2) is 220 Å². The molecule has 0 aliphatic carbocycles. The van der Waals surface area contributed by atoms with Gasteiger partial charge in [0.2, 0.25) is 59.1 Å². The summed E-state index contributed by atoms with van der Waals surface area (Å²) in [5.41, 5.74) is 19.2. The number of carbonyl (C=O) groups is 12. The van der Waals surface area contributed by atoms with E-state index in [9.17, 15) is 83.1 Å². The number of imidazole rings is 2. The summed E-state index contributed by atoms with van der Waals surface area (Å²) in [6, 6.07) is -2.74. The summed E-state index contributed by atoms with van der Waals surface area (Å²) in [6.45, 7) is 3.95. The number of aliphatic carboxylic acids is 2. The number of amides is 10. The zero-order valence-electron chi connectivity index (χ0n) is 54.9. The number of benzene rings is 2. The van der Waals surface area contributed by atoms with Gasteiger partial charge in [0.05, 0.1) is 37.8 Å². The van der Waals surface area contributed by atoms with Crippen molar-refractivity contribution in [2.24, 2.45) is 23.1 Å². The number of aliphatic hydroxyl groups is 2. The number of unbranched alkanes of at least 4 members (excludes halogenated alkanes) is 2. The van der Waals surface area contributed by atoms with Crippen LogP contribution in [0.4, 0.5) is 0 Å². The number of phenolic OH excluding ortho intramolecular Hbond substituents is 1. The second-order valence-electron chi connectivity index (χ2n) is 24.5. The number of hydrogen-bond donors (Lipinski definition) is 19. The first-order chi connectivity index (χ1) is 46.7. The third-order valence-electron chi connectivity index (χ3n) is 16.1. The molecule has 98 heavy (non-hydrogen) atoms. The molecule has 0 saturated carbocycles. The van der Waals surface area contributed by atoms with Crippen LogP contribution in [0.15, 0.2) is 79.6 Å². The number of carboxylic acids is 2. The number of nitrogens with one attached hydrogen (secondary N) is 11. The fraction of sp³-hybridized carbons (Fsp3) is 0.531. The van der Waals surface area contributed by atoms with Crippen molar-refractivity contribution in [1.82, 2.24) is 72.7 Å². The highest BCUT2D eigenvalue weighted by atomic mass is 16.4. The number of phenols is 1. The molecule has 5 rings (SSSR count).